The second-order valence-electron chi connectivity index (χ2n) is 6.74. The van der Waals surface area contributed by atoms with Crippen LogP contribution in [0.4, 0.5) is 0 Å². The van der Waals surface area contributed by atoms with Crippen molar-refractivity contribution in [1.82, 2.24) is 10.2 Å². The second kappa shape index (κ2) is 9.42. The number of hydrogen-bond donors (Lipinski definition) is 2. The van der Waals surface area contributed by atoms with Gasteiger partial charge in [-0.3, -0.25) is 14.5 Å². The molecule has 0 spiro atoms. The summed E-state index contributed by atoms with van der Waals surface area (Å²) in [6.45, 7) is 5.85. The average Bonchev–Trinajstić information content (AvgIpc) is 2.59. The molecule has 2 rings (SSSR count). The minimum Gasteiger partial charge on any atom is -0.492 e. The zero-order chi connectivity index (χ0) is 18.2. The van der Waals surface area contributed by atoms with Crippen LogP contribution >= 0.6 is 0 Å². The normalized spacial score (nSPS) is 18.1. The van der Waals surface area contributed by atoms with Crippen LogP contribution in [0.2, 0.25) is 0 Å². The number of carbonyl (C=O) groups is 2. The van der Waals surface area contributed by atoms with Crippen LogP contribution < -0.4 is 10.1 Å². The summed E-state index contributed by atoms with van der Waals surface area (Å²) in [5.74, 6) is 0.256. The standard InChI is InChI=1S/C19H28N2O4/c1-14(2)15-6-8-16(9-7-15)25-12-10-20-18(22)13-21-11-4-3-5-17(21)19(23)24/h6-9,14,17H,3-5,10-13H2,1-2H3,(H,20,22)(H,23,24). The highest BCUT2D eigenvalue weighted by Gasteiger charge is 2.29. The number of nitrogens with one attached hydrogen (secondary N) is 1. The van der Waals surface area contributed by atoms with E-state index >= 15 is 0 Å². The van der Waals surface area contributed by atoms with Crippen molar-refractivity contribution in [2.75, 3.05) is 26.2 Å². The Morgan fingerprint density at radius 2 is 2.00 bits per heavy atom. The number of piperidine rings is 1. The van der Waals surface area contributed by atoms with E-state index in [2.05, 4.69) is 19.2 Å². The van der Waals surface area contributed by atoms with E-state index in [4.69, 9.17) is 4.74 Å². The maximum atomic E-state index is 12.0. The molecule has 0 aromatic heterocycles. The second-order valence-corrected chi connectivity index (χ2v) is 6.74. The monoisotopic (exact) mass is 348 g/mol. The molecule has 1 aliphatic rings. The lowest BCUT2D eigenvalue weighted by atomic mass is 10.0. The van der Waals surface area contributed by atoms with Crippen LogP contribution in [-0.2, 0) is 9.59 Å². The van der Waals surface area contributed by atoms with Gasteiger partial charge in [-0.25, -0.2) is 0 Å². The molecule has 1 atom stereocenters. The minimum atomic E-state index is -0.847. The van der Waals surface area contributed by atoms with Crippen molar-refractivity contribution in [3.05, 3.63) is 29.8 Å². The number of benzene rings is 1. The predicted molar refractivity (Wildman–Crippen MR) is 95.9 cm³/mol. The largest absolute Gasteiger partial charge is 0.492 e. The van der Waals surface area contributed by atoms with Gasteiger partial charge in [-0.1, -0.05) is 32.4 Å². The number of carboxylic acid groups (broad SMARTS) is 1. The van der Waals surface area contributed by atoms with E-state index in [0.29, 0.717) is 32.0 Å². The molecule has 1 unspecified atom stereocenters. The van der Waals surface area contributed by atoms with Crippen LogP contribution in [0.25, 0.3) is 0 Å². The van der Waals surface area contributed by atoms with Gasteiger partial charge in [0.05, 0.1) is 13.1 Å². The molecule has 138 valence electrons. The zero-order valence-electron chi connectivity index (χ0n) is 15.0. The highest BCUT2D eigenvalue weighted by Crippen LogP contribution is 2.18. The SMILES string of the molecule is CC(C)c1ccc(OCCNC(=O)CN2CCCCC2C(=O)O)cc1. The summed E-state index contributed by atoms with van der Waals surface area (Å²) < 4.78 is 5.62. The quantitative estimate of drug-likeness (QED) is 0.705. The van der Waals surface area contributed by atoms with Crippen molar-refractivity contribution in [1.29, 1.82) is 0 Å². The van der Waals surface area contributed by atoms with Gasteiger partial charge in [0, 0.05) is 0 Å². The third-order valence-corrected chi connectivity index (χ3v) is 4.49. The number of hydrogen-bond acceptors (Lipinski definition) is 4. The van der Waals surface area contributed by atoms with Gasteiger partial charge in [0.1, 0.15) is 18.4 Å². The van der Waals surface area contributed by atoms with Crippen molar-refractivity contribution in [3.8, 4) is 5.75 Å². The Labute approximate surface area is 149 Å². The summed E-state index contributed by atoms with van der Waals surface area (Å²) in [4.78, 5) is 25.0. The lowest BCUT2D eigenvalue weighted by Gasteiger charge is -2.32. The Morgan fingerprint density at radius 3 is 2.64 bits per heavy atom. The molecule has 1 saturated heterocycles. The Bertz CT molecular complexity index is 571. The van der Waals surface area contributed by atoms with E-state index < -0.39 is 12.0 Å². The summed E-state index contributed by atoms with van der Waals surface area (Å²) in [6.07, 6.45) is 2.45. The summed E-state index contributed by atoms with van der Waals surface area (Å²) in [5.41, 5.74) is 1.26. The van der Waals surface area contributed by atoms with Gasteiger partial charge in [-0.2, -0.15) is 0 Å². The molecule has 25 heavy (non-hydrogen) atoms. The summed E-state index contributed by atoms with van der Waals surface area (Å²) in [7, 11) is 0. The molecule has 6 nitrogen and oxygen atoms in total. The smallest absolute Gasteiger partial charge is 0.320 e. The van der Waals surface area contributed by atoms with Gasteiger partial charge < -0.3 is 15.2 Å². The van der Waals surface area contributed by atoms with Gasteiger partial charge >= 0.3 is 5.97 Å². The van der Waals surface area contributed by atoms with Gasteiger partial charge in [-0.05, 0) is 43.0 Å². The Morgan fingerprint density at radius 1 is 1.28 bits per heavy atom. The van der Waals surface area contributed by atoms with Crippen LogP contribution in [-0.4, -0.2) is 54.2 Å². The lowest BCUT2D eigenvalue weighted by molar-refractivity contribution is -0.145. The molecule has 1 heterocycles. The Hall–Kier alpha value is -2.08. The van der Waals surface area contributed by atoms with Gasteiger partial charge in [0.2, 0.25) is 5.91 Å². The van der Waals surface area contributed by atoms with Gasteiger partial charge in [0.25, 0.3) is 0 Å². The number of ether oxygens (including phenoxy) is 1. The first kappa shape index (κ1) is 19.2. The summed E-state index contributed by atoms with van der Waals surface area (Å²) in [6, 6.07) is 7.40. The summed E-state index contributed by atoms with van der Waals surface area (Å²) in [5, 5.41) is 12.0. The van der Waals surface area contributed by atoms with Crippen LogP contribution in [0.15, 0.2) is 24.3 Å². The third-order valence-electron chi connectivity index (χ3n) is 4.49. The fourth-order valence-electron chi connectivity index (χ4n) is 3.01. The molecule has 1 aromatic rings. The van der Waals surface area contributed by atoms with Gasteiger partial charge in [-0.15, -0.1) is 0 Å². The first-order valence-corrected chi connectivity index (χ1v) is 8.93. The number of amides is 1. The van der Waals surface area contributed by atoms with E-state index in [9.17, 15) is 14.7 Å². The molecule has 0 saturated carbocycles. The molecule has 1 aliphatic heterocycles. The van der Waals surface area contributed by atoms with E-state index in [0.717, 1.165) is 18.6 Å². The Kier molecular flexibility index (Phi) is 7.25. The van der Waals surface area contributed by atoms with Gasteiger partial charge in [0.15, 0.2) is 0 Å². The molecular formula is C19H28N2O4. The fourth-order valence-corrected chi connectivity index (χ4v) is 3.01. The fraction of sp³-hybridized carbons (Fsp3) is 0.579. The molecule has 0 radical (unpaired) electrons. The topological polar surface area (TPSA) is 78.9 Å². The number of carboxylic acids is 1. The number of nitrogens with zero attached hydrogens (tertiary/aromatic N) is 1. The van der Waals surface area contributed by atoms with Crippen molar-refractivity contribution >= 4 is 11.9 Å². The number of carbonyl (C=O) groups excluding carboxylic acids is 1. The maximum Gasteiger partial charge on any atom is 0.320 e. The van der Waals surface area contributed by atoms with E-state index in [1.807, 2.05) is 24.3 Å². The first-order chi connectivity index (χ1) is 12.0. The van der Waals surface area contributed by atoms with Crippen molar-refractivity contribution < 1.29 is 19.4 Å². The molecule has 1 fully saturated rings. The third kappa shape index (κ3) is 6.05. The molecular weight excluding hydrogens is 320 g/mol. The molecule has 2 N–H and O–H groups in total. The van der Waals surface area contributed by atoms with Crippen molar-refractivity contribution in [2.24, 2.45) is 0 Å². The first-order valence-electron chi connectivity index (χ1n) is 8.93. The molecule has 0 aliphatic carbocycles. The minimum absolute atomic E-state index is 0.125. The summed E-state index contributed by atoms with van der Waals surface area (Å²) >= 11 is 0. The molecule has 1 amide bonds. The molecule has 0 bridgehead atoms. The van der Waals surface area contributed by atoms with Crippen molar-refractivity contribution in [3.63, 3.8) is 0 Å². The number of rotatable bonds is 8. The average molecular weight is 348 g/mol. The van der Waals surface area contributed by atoms with E-state index in [-0.39, 0.29) is 12.5 Å². The maximum absolute atomic E-state index is 12.0. The lowest BCUT2D eigenvalue weighted by Crippen LogP contribution is -2.49. The Balaban J connectivity index is 1.68. The number of likely N-dealkylation sites (tertiary alicyclic amines) is 1. The highest BCUT2D eigenvalue weighted by molar-refractivity contribution is 5.80. The number of aliphatic carboxylic acids is 1. The molecule has 1 aromatic carbocycles. The molecule has 6 heteroatoms. The zero-order valence-corrected chi connectivity index (χ0v) is 15.0. The van der Waals surface area contributed by atoms with Crippen LogP contribution in [0.5, 0.6) is 5.75 Å². The van der Waals surface area contributed by atoms with Crippen LogP contribution in [0, 0.1) is 0 Å². The highest BCUT2D eigenvalue weighted by atomic mass is 16.5. The predicted octanol–water partition coefficient (Wildman–Crippen LogP) is 2.24. The van der Waals surface area contributed by atoms with E-state index in [1.54, 1.807) is 4.90 Å². The van der Waals surface area contributed by atoms with Crippen LogP contribution in [0.1, 0.15) is 44.6 Å². The van der Waals surface area contributed by atoms with Crippen LogP contribution in [0.3, 0.4) is 0 Å². The van der Waals surface area contributed by atoms with E-state index in [1.165, 1.54) is 5.56 Å². The van der Waals surface area contributed by atoms with Crippen molar-refractivity contribution in [2.45, 2.75) is 45.1 Å².